The van der Waals surface area contributed by atoms with Crippen LogP contribution in [-0.4, -0.2) is 30.1 Å². The molecule has 206 valence electrons. The molecule has 2 heterocycles. The summed E-state index contributed by atoms with van der Waals surface area (Å²) in [7, 11) is 0. The summed E-state index contributed by atoms with van der Waals surface area (Å²) in [6, 6.07) is 36.2. The van der Waals surface area contributed by atoms with Gasteiger partial charge < -0.3 is 0 Å². The van der Waals surface area contributed by atoms with E-state index < -0.39 is 16.9 Å². The quantitative estimate of drug-likeness (QED) is 0.112. The predicted octanol–water partition coefficient (Wildman–Crippen LogP) is 7.09. The first-order valence-corrected chi connectivity index (χ1v) is 13.0. The monoisotopic (exact) mass is 560 g/mol. The molecule has 42 heavy (non-hydrogen) atoms. The third kappa shape index (κ3) is 4.68. The minimum Gasteiger partial charge on any atom is -0.258 e. The Morgan fingerprint density at radius 3 is 1.79 bits per heavy atom. The molecular formula is C32H22F2N6O2. The van der Waals surface area contributed by atoms with Crippen molar-refractivity contribution < 1.29 is 13.7 Å². The third-order valence-electron chi connectivity index (χ3n) is 7.06. The van der Waals surface area contributed by atoms with Gasteiger partial charge in [0, 0.05) is 29.5 Å². The van der Waals surface area contributed by atoms with Crippen LogP contribution in [0.5, 0.6) is 0 Å². The summed E-state index contributed by atoms with van der Waals surface area (Å²) in [5.74, 6) is 0.124. The summed E-state index contributed by atoms with van der Waals surface area (Å²) < 4.78 is 26.3. The Kier molecular flexibility index (Phi) is 7.02. The SMILES string of the molecule is O=[N+]([O-])c1ccc(-c2ccc(C(F)F)nc2)c(-c2nnn(C(c3ccccc3)(c3ccccc3)c3ccccc3)n2)c1. The zero-order valence-corrected chi connectivity index (χ0v) is 22.0. The molecular weight excluding hydrogens is 538 g/mol. The van der Waals surface area contributed by atoms with Crippen LogP contribution in [-0.2, 0) is 5.54 Å². The summed E-state index contributed by atoms with van der Waals surface area (Å²) in [5.41, 5.74) is 2.29. The predicted molar refractivity (Wildman–Crippen MR) is 153 cm³/mol. The van der Waals surface area contributed by atoms with Gasteiger partial charge in [0.1, 0.15) is 5.69 Å². The summed E-state index contributed by atoms with van der Waals surface area (Å²) in [6.07, 6.45) is -1.42. The summed E-state index contributed by atoms with van der Waals surface area (Å²) in [5, 5.41) is 25.5. The average Bonchev–Trinajstić information content (AvgIpc) is 3.53. The lowest BCUT2D eigenvalue weighted by molar-refractivity contribution is -0.384. The summed E-state index contributed by atoms with van der Waals surface area (Å²) in [4.78, 5) is 16.6. The van der Waals surface area contributed by atoms with Crippen LogP contribution in [0.3, 0.4) is 0 Å². The molecule has 2 aromatic heterocycles. The molecule has 10 heteroatoms. The average molecular weight is 561 g/mol. The highest BCUT2D eigenvalue weighted by Gasteiger charge is 2.41. The number of nitro benzene ring substituents is 1. The molecule has 0 spiro atoms. The molecule has 0 aliphatic carbocycles. The van der Waals surface area contributed by atoms with Crippen LogP contribution < -0.4 is 0 Å². The van der Waals surface area contributed by atoms with Crippen LogP contribution in [0, 0.1) is 10.1 Å². The zero-order chi connectivity index (χ0) is 29.1. The lowest BCUT2D eigenvalue weighted by atomic mass is 9.77. The molecule has 0 N–H and O–H groups in total. The maximum atomic E-state index is 13.2. The Labute approximate surface area is 239 Å². The molecule has 4 aromatic carbocycles. The number of halogens is 2. The van der Waals surface area contributed by atoms with Gasteiger partial charge >= 0.3 is 0 Å². The second-order valence-corrected chi connectivity index (χ2v) is 9.47. The van der Waals surface area contributed by atoms with Crippen LogP contribution in [0.4, 0.5) is 14.5 Å². The number of tetrazole rings is 1. The number of nitro groups is 1. The van der Waals surface area contributed by atoms with Crippen molar-refractivity contribution in [3.05, 3.63) is 160 Å². The number of benzene rings is 4. The summed E-state index contributed by atoms with van der Waals surface area (Å²) >= 11 is 0. The number of nitrogens with zero attached hydrogens (tertiary/aromatic N) is 6. The highest BCUT2D eigenvalue weighted by molar-refractivity contribution is 5.81. The highest BCUT2D eigenvalue weighted by Crippen LogP contribution is 2.41. The van der Waals surface area contributed by atoms with E-state index in [4.69, 9.17) is 5.10 Å². The van der Waals surface area contributed by atoms with Crippen molar-refractivity contribution in [1.82, 2.24) is 25.2 Å². The van der Waals surface area contributed by atoms with E-state index in [2.05, 4.69) is 15.3 Å². The number of rotatable bonds is 8. The second-order valence-electron chi connectivity index (χ2n) is 9.47. The van der Waals surface area contributed by atoms with Gasteiger partial charge in [-0.3, -0.25) is 15.1 Å². The van der Waals surface area contributed by atoms with E-state index in [1.165, 1.54) is 41.3 Å². The van der Waals surface area contributed by atoms with E-state index in [0.29, 0.717) is 16.7 Å². The largest absolute Gasteiger partial charge is 0.280 e. The maximum absolute atomic E-state index is 13.2. The number of non-ortho nitro benzene ring substituents is 1. The van der Waals surface area contributed by atoms with Crippen LogP contribution in [0.15, 0.2) is 128 Å². The Morgan fingerprint density at radius 1 is 0.738 bits per heavy atom. The van der Waals surface area contributed by atoms with Crippen LogP contribution in [0.1, 0.15) is 28.8 Å². The topological polar surface area (TPSA) is 99.6 Å². The Bertz CT molecular complexity index is 1730. The van der Waals surface area contributed by atoms with Gasteiger partial charge in [0.05, 0.1) is 4.92 Å². The van der Waals surface area contributed by atoms with Crippen molar-refractivity contribution in [1.29, 1.82) is 0 Å². The van der Waals surface area contributed by atoms with Gasteiger partial charge in [-0.1, -0.05) is 97.1 Å². The lowest BCUT2D eigenvalue weighted by Gasteiger charge is -2.34. The van der Waals surface area contributed by atoms with Gasteiger partial charge in [-0.05, 0) is 39.6 Å². The normalized spacial score (nSPS) is 11.5. The van der Waals surface area contributed by atoms with E-state index >= 15 is 0 Å². The molecule has 0 fully saturated rings. The first kappa shape index (κ1) is 26.6. The number of pyridine rings is 1. The van der Waals surface area contributed by atoms with Crippen molar-refractivity contribution in [3.8, 4) is 22.5 Å². The molecule has 0 aliphatic rings. The molecule has 8 nitrogen and oxygen atoms in total. The minimum absolute atomic E-state index is 0.124. The van der Waals surface area contributed by atoms with Crippen LogP contribution >= 0.6 is 0 Å². The Morgan fingerprint density at radius 2 is 1.31 bits per heavy atom. The van der Waals surface area contributed by atoms with E-state index in [0.717, 1.165) is 16.7 Å². The highest BCUT2D eigenvalue weighted by atomic mass is 19.3. The van der Waals surface area contributed by atoms with E-state index in [1.807, 2.05) is 91.0 Å². The Balaban J connectivity index is 1.59. The van der Waals surface area contributed by atoms with Crippen molar-refractivity contribution in [2.24, 2.45) is 0 Å². The fraction of sp³-hybridized carbons (Fsp3) is 0.0625. The summed E-state index contributed by atoms with van der Waals surface area (Å²) in [6.45, 7) is 0. The third-order valence-corrected chi connectivity index (χ3v) is 7.06. The number of aromatic nitrogens is 5. The molecule has 0 amide bonds. The number of hydrogen-bond acceptors (Lipinski definition) is 6. The van der Waals surface area contributed by atoms with Gasteiger partial charge in [-0.2, -0.15) is 0 Å². The molecule has 0 unspecified atom stereocenters. The lowest BCUT2D eigenvalue weighted by Crippen LogP contribution is -2.39. The molecule has 0 saturated carbocycles. The van der Waals surface area contributed by atoms with Crippen molar-refractivity contribution in [2.45, 2.75) is 12.0 Å². The molecule has 0 aliphatic heterocycles. The maximum Gasteiger partial charge on any atom is 0.280 e. The van der Waals surface area contributed by atoms with Gasteiger partial charge in [0.15, 0.2) is 5.54 Å². The van der Waals surface area contributed by atoms with Gasteiger partial charge in [-0.15, -0.1) is 15.0 Å². The fourth-order valence-corrected chi connectivity index (χ4v) is 5.12. The van der Waals surface area contributed by atoms with Crippen LogP contribution in [0.25, 0.3) is 22.5 Å². The van der Waals surface area contributed by atoms with Gasteiger partial charge in [-0.25, -0.2) is 8.78 Å². The van der Waals surface area contributed by atoms with E-state index in [9.17, 15) is 18.9 Å². The smallest absolute Gasteiger partial charge is 0.258 e. The molecule has 0 bridgehead atoms. The number of hydrogen-bond donors (Lipinski definition) is 0. The second kappa shape index (κ2) is 11.1. The number of alkyl halides is 2. The molecule has 0 radical (unpaired) electrons. The van der Waals surface area contributed by atoms with Gasteiger partial charge in [0.25, 0.3) is 12.1 Å². The first-order valence-electron chi connectivity index (χ1n) is 13.0. The molecule has 6 rings (SSSR count). The first-order chi connectivity index (χ1) is 20.5. The molecule has 6 aromatic rings. The standard InChI is InChI=1S/C32H22F2N6O2/c33-30(34)29-19-16-22(21-35-29)27-18-17-26(39(41)42)20-28(27)31-36-38-40(37-31)32(23-10-4-1-5-11-23,24-12-6-2-7-13-24)25-14-8-3-9-15-25/h1-21,30H. The van der Waals surface area contributed by atoms with E-state index in [-0.39, 0.29) is 17.2 Å². The fourth-order valence-electron chi connectivity index (χ4n) is 5.12. The van der Waals surface area contributed by atoms with Crippen molar-refractivity contribution >= 4 is 5.69 Å². The van der Waals surface area contributed by atoms with Gasteiger partial charge in [0.2, 0.25) is 5.82 Å². The molecule has 0 atom stereocenters. The van der Waals surface area contributed by atoms with Crippen molar-refractivity contribution in [3.63, 3.8) is 0 Å². The van der Waals surface area contributed by atoms with Crippen LogP contribution in [0.2, 0.25) is 0 Å². The zero-order valence-electron chi connectivity index (χ0n) is 22.0. The molecule has 0 saturated heterocycles. The Hall–Kier alpha value is -5.64. The van der Waals surface area contributed by atoms with E-state index in [1.54, 1.807) is 0 Å². The minimum atomic E-state index is -2.72. The van der Waals surface area contributed by atoms with Crippen molar-refractivity contribution in [2.75, 3.05) is 0 Å².